The van der Waals surface area contributed by atoms with Crippen LogP contribution in [-0.4, -0.2) is 44.7 Å². The highest BCUT2D eigenvalue weighted by Gasteiger charge is 2.10. The molecule has 29 heavy (non-hydrogen) atoms. The van der Waals surface area contributed by atoms with Crippen molar-refractivity contribution in [2.75, 3.05) is 32.1 Å². The summed E-state index contributed by atoms with van der Waals surface area (Å²) in [7, 11) is 1.60. The number of methoxy groups -OCH3 is 1. The van der Waals surface area contributed by atoms with Crippen molar-refractivity contribution in [1.82, 2.24) is 10.6 Å². The average Bonchev–Trinajstić information content (AvgIpc) is 2.72. The summed E-state index contributed by atoms with van der Waals surface area (Å²) < 4.78 is 24.1. The van der Waals surface area contributed by atoms with Crippen LogP contribution < -0.4 is 25.4 Å². The van der Waals surface area contributed by atoms with Crippen molar-refractivity contribution in [3.63, 3.8) is 0 Å². The van der Waals surface area contributed by atoms with Gasteiger partial charge in [0.2, 0.25) is 5.91 Å². The minimum atomic E-state index is -0.357. The molecule has 7 nitrogen and oxygen atoms in total. The zero-order valence-electron chi connectivity index (χ0n) is 16.9. The first-order chi connectivity index (χ1) is 14.0. The number of hydrogen-bond donors (Lipinski definition) is 3. The van der Waals surface area contributed by atoms with E-state index >= 15 is 0 Å². The fraction of sp³-hybridized carbons (Fsp3) is 0.333. The Morgan fingerprint density at radius 2 is 1.79 bits per heavy atom. The van der Waals surface area contributed by atoms with E-state index < -0.39 is 0 Å². The molecule has 0 aliphatic rings. The molecule has 0 aromatic heterocycles. The van der Waals surface area contributed by atoms with Crippen LogP contribution in [0.5, 0.6) is 11.5 Å². The average molecular weight is 402 g/mol. The molecule has 156 valence electrons. The number of rotatable bonds is 9. The van der Waals surface area contributed by atoms with E-state index in [0.29, 0.717) is 36.2 Å². The number of hydrogen-bond acceptors (Lipinski definition) is 4. The Balaban J connectivity index is 1.86. The maximum Gasteiger partial charge on any atom is 0.246 e. The number of para-hydroxylation sites is 2. The molecule has 3 N–H and O–H groups in total. The Hall–Kier alpha value is -3.29. The monoisotopic (exact) mass is 402 g/mol. The Kier molecular flexibility index (Phi) is 8.75. The standard InChI is InChI=1S/C21H27FN4O3/c1-4-23-21(25-14-20(27)26-17-11-9-16(22)10-12-17)24-13-15(2)29-19-8-6-5-7-18(19)28-3/h5-12,15H,4,13-14H2,1-3H3,(H,26,27)(H2,23,24,25). The minimum absolute atomic E-state index is 0.0749. The van der Waals surface area contributed by atoms with Gasteiger partial charge < -0.3 is 25.4 Å². The van der Waals surface area contributed by atoms with Gasteiger partial charge in [0.1, 0.15) is 18.5 Å². The maximum atomic E-state index is 12.9. The van der Waals surface area contributed by atoms with Gasteiger partial charge in [-0.15, -0.1) is 0 Å². The van der Waals surface area contributed by atoms with Crippen LogP contribution in [0.15, 0.2) is 53.5 Å². The van der Waals surface area contributed by atoms with E-state index in [0.717, 1.165) is 0 Å². The van der Waals surface area contributed by atoms with E-state index in [4.69, 9.17) is 9.47 Å². The normalized spacial score (nSPS) is 12.1. The van der Waals surface area contributed by atoms with Crippen LogP contribution in [0.4, 0.5) is 10.1 Å². The highest BCUT2D eigenvalue weighted by Crippen LogP contribution is 2.26. The molecule has 0 aliphatic carbocycles. The van der Waals surface area contributed by atoms with Gasteiger partial charge in [0, 0.05) is 12.2 Å². The Morgan fingerprint density at radius 3 is 2.45 bits per heavy atom. The fourth-order valence-corrected chi connectivity index (χ4v) is 2.44. The molecular weight excluding hydrogens is 375 g/mol. The zero-order valence-corrected chi connectivity index (χ0v) is 16.9. The predicted octanol–water partition coefficient (Wildman–Crippen LogP) is 2.80. The molecule has 2 aromatic rings. The number of amides is 1. The van der Waals surface area contributed by atoms with Crippen molar-refractivity contribution < 1.29 is 18.7 Å². The number of benzene rings is 2. The van der Waals surface area contributed by atoms with Crippen LogP contribution in [0.2, 0.25) is 0 Å². The number of halogens is 1. The molecule has 1 amide bonds. The summed E-state index contributed by atoms with van der Waals surface area (Å²) in [5.74, 6) is 1.16. The molecule has 0 spiro atoms. The Bertz CT molecular complexity index is 812. The van der Waals surface area contributed by atoms with Crippen LogP contribution in [0.3, 0.4) is 0 Å². The number of carbonyl (C=O) groups is 1. The molecule has 0 bridgehead atoms. The van der Waals surface area contributed by atoms with Gasteiger partial charge in [-0.1, -0.05) is 12.1 Å². The second-order valence-electron chi connectivity index (χ2n) is 6.21. The quantitative estimate of drug-likeness (QED) is 0.444. The molecule has 0 aliphatic heterocycles. The van der Waals surface area contributed by atoms with Gasteiger partial charge in [0.15, 0.2) is 17.5 Å². The number of aliphatic imine (C=N–C) groups is 1. The third kappa shape index (κ3) is 7.69. The predicted molar refractivity (Wildman–Crippen MR) is 112 cm³/mol. The van der Waals surface area contributed by atoms with E-state index in [9.17, 15) is 9.18 Å². The van der Waals surface area contributed by atoms with Crippen molar-refractivity contribution in [2.24, 2.45) is 4.99 Å². The molecular formula is C21H27FN4O3. The molecule has 2 rings (SSSR count). The van der Waals surface area contributed by atoms with Gasteiger partial charge in [0.05, 0.1) is 13.7 Å². The zero-order chi connectivity index (χ0) is 21.1. The van der Waals surface area contributed by atoms with Crippen LogP contribution in [0.25, 0.3) is 0 Å². The van der Waals surface area contributed by atoms with Gasteiger partial charge >= 0.3 is 0 Å². The molecule has 0 fully saturated rings. The molecule has 1 unspecified atom stereocenters. The smallest absolute Gasteiger partial charge is 0.246 e. The van der Waals surface area contributed by atoms with Crippen molar-refractivity contribution in [3.05, 3.63) is 54.3 Å². The lowest BCUT2D eigenvalue weighted by molar-refractivity contribution is -0.114. The van der Waals surface area contributed by atoms with Crippen molar-refractivity contribution in [3.8, 4) is 11.5 Å². The summed E-state index contributed by atoms with van der Waals surface area (Å²) >= 11 is 0. The van der Waals surface area contributed by atoms with E-state index in [-0.39, 0.29) is 24.4 Å². The van der Waals surface area contributed by atoms with Crippen LogP contribution in [0, 0.1) is 5.82 Å². The van der Waals surface area contributed by atoms with Gasteiger partial charge in [0.25, 0.3) is 0 Å². The summed E-state index contributed by atoms with van der Waals surface area (Å²) in [6.07, 6.45) is -0.164. The highest BCUT2D eigenvalue weighted by molar-refractivity contribution is 5.94. The minimum Gasteiger partial charge on any atom is -0.493 e. The van der Waals surface area contributed by atoms with Crippen molar-refractivity contribution >= 4 is 17.6 Å². The maximum absolute atomic E-state index is 12.9. The van der Waals surface area contributed by atoms with Crippen LogP contribution in [-0.2, 0) is 4.79 Å². The molecule has 0 saturated heterocycles. The van der Waals surface area contributed by atoms with E-state index in [1.807, 2.05) is 38.1 Å². The molecule has 2 aromatic carbocycles. The fourth-order valence-electron chi connectivity index (χ4n) is 2.44. The molecule has 0 radical (unpaired) electrons. The number of nitrogens with one attached hydrogen (secondary N) is 3. The summed E-state index contributed by atoms with van der Waals surface area (Å²) in [4.78, 5) is 16.3. The Morgan fingerprint density at radius 1 is 1.10 bits per heavy atom. The summed E-state index contributed by atoms with van der Waals surface area (Å²) in [5, 5.41) is 8.90. The summed E-state index contributed by atoms with van der Waals surface area (Å²) in [6, 6.07) is 13.0. The number of nitrogens with zero attached hydrogens (tertiary/aromatic N) is 1. The largest absolute Gasteiger partial charge is 0.493 e. The van der Waals surface area contributed by atoms with Gasteiger partial charge in [-0.3, -0.25) is 4.79 Å². The van der Waals surface area contributed by atoms with E-state index in [1.165, 1.54) is 24.3 Å². The Labute approximate surface area is 170 Å². The second kappa shape index (κ2) is 11.5. The first-order valence-electron chi connectivity index (χ1n) is 9.39. The number of guanidine groups is 1. The van der Waals surface area contributed by atoms with E-state index in [2.05, 4.69) is 20.9 Å². The first kappa shape index (κ1) is 22.0. The SMILES string of the molecule is CCNC(=NCC(=O)Nc1ccc(F)cc1)NCC(C)Oc1ccccc1OC. The van der Waals surface area contributed by atoms with Crippen LogP contribution >= 0.6 is 0 Å². The topological polar surface area (TPSA) is 84.0 Å². The second-order valence-corrected chi connectivity index (χ2v) is 6.21. The number of ether oxygens (including phenoxy) is 2. The van der Waals surface area contributed by atoms with Gasteiger partial charge in [-0.05, 0) is 50.2 Å². The van der Waals surface area contributed by atoms with Crippen molar-refractivity contribution in [1.29, 1.82) is 0 Å². The van der Waals surface area contributed by atoms with Crippen molar-refractivity contribution in [2.45, 2.75) is 20.0 Å². The summed E-state index contributed by atoms with van der Waals surface area (Å²) in [6.45, 7) is 4.90. The first-order valence-corrected chi connectivity index (χ1v) is 9.39. The molecule has 8 heteroatoms. The molecule has 1 atom stereocenters. The lowest BCUT2D eigenvalue weighted by Crippen LogP contribution is -2.42. The third-order valence-corrected chi connectivity index (χ3v) is 3.81. The van der Waals surface area contributed by atoms with Crippen LogP contribution in [0.1, 0.15) is 13.8 Å². The lowest BCUT2D eigenvalue weighted by atomic mass is 10.3. The number of carbonyl (C=O) groups excluding carboxylic acids is 1. The summed E-state index contributed by atoms with van der Waals surface area (Å²) in [5.41, 5.74) is 0.517. The molecule has 0 saturated carbocycles. The van der Waals surface area contributed by atoms with Gasteiger partial charge in [-0.2, -0.15) is 0 Å². The highest BCUT2D eigenvalue weighted by atomic mass is 19.1. The van der Waals surface area contributed by atoms with Gasteiger partial charge in [-0.25, -0.2) is 9.38 Å². The van der Waals surface area contributed by atoms with E-state index in [1.54, 1.807) is 7.11 Å². The third-order valence-electron chi connectivity index (χ3n) is 3.81. The lowest BCUT2D eigenvalue weighted by Gasteiger charge is -2.19. The molecule has 0 heterocycles. The number of anilines is 1.